The minimum absolute atomic E-state index is 0.138. The summed E-state index contributed by atoms with van der Waals surface area (Å²) in [4.78, 5) is 0. The number of nitrogens with one attached hydrogen (secondary N) is 1. The highest BCUT2D eigenvalue weighted by Gasteiger charge is 2.34. The highest BCUT2D eigenvalue weighted by molar-refractivity contribution is 5.30. The van der Waals surface area contributed by atoms with Crippen LogP contribution in [0.1, 0.15) is 43.9 Å². The number of aryl methyl sites for hydroxylation is 1. The molecule has 1 saturated carbocycles. The fourth-order valence-electron chi connectivity index (χ4n) is 2.68. The Morgan fingerprint density at radius 3 is 2.65 bits per heavy atom. The summed E-state index contributed by atoms with van der Waals surface area (Å²) < 4.78 is 13.1. The van der Waals surface area contributed by atoms with Crippen molar-refractivity contribution in [2.45, 2.75) is 39.7 Å². The van der Waals surface area contributed by atoms with E-state index in [0.717, 1.165) is 18.0 Å². The summed E-state index contributed by atoms with van der Waals surface area (Å²) in [5, 5.41) is 3.56. The van der Waals surface area contributed by atoms with E-state index in [1.165, 1.54) is 18.4 Å². The number of rotatable bonds is 5. The van der Waals surface area contributed by atoms with Crippen molar-refractivity contribution in [1.82, 2.24) is 5.32 Å². The maximum atomic E-state index is 13.1. The molecule has 17 heavy (non-hydrogen) atoms. The number of benzene rings is 1. The van der Waals surface area contributed by atoms with Crippen LogP contribution >= 0.6 is 0 Å². The third-order valence-corrected chi connectivity index (χ3v) is 3.88. The fourth-order valence-corrected chi connectivity index (χ4v) is 2.68. The molecule has 0 bridgehead atoms. The van der Waals surface area contributed by atoms with Crippen LogP contribution in [0, 0.1) is 24.6 Å². The van der Waals surface area contributed by atoms with Crippen molar-refractivity contribution in [3.05, 3.63) is 35.1 Å². The van der Waals surface area contributed by atoms with Crippen LogP contribution < -0.4 is 5.32 Å². The molecule has 94 valence electrons. The van der Waals surface area contributed by atoms with E-state index in [2.05, 4.69) is 19.2 Å². The monoisotopic (exact) mass is 235 g/mol. The lowest BCUT2D eigenvalue weighted by Gasteiger charge is -2.26. The summed E-state index contributed by atoms with van der Waals surface area (Å²) in [5.41, 5.74) is 2.32. The van der Waals surface area contributed by atoms with Gasteiger partial charge in [0.25, 0.3) is 0 Å². The van der Waals surface area contributed by atoms with Gasteiger partial charge in [-0.05, 0) is 61.4 Å². The zero-order valence-electron chi connectivity index (χ0n) is 11.0. The van der Waals surface area contributed by atoms with E-state index >= 15 is 0 Å². The van der Waals surface area contributed by atoms with Crippen LogP contribution in [0.3, 0.4) is 0 Å². The van der Waals surface area contributed by atoms with E-state index in [9.17, 15) is 4.39 Å². The molecule has 0 spiro atoms. The molecule has 2 rings (SSSR count). The van der Waals surface area contributed by atoms with Crippen LogP contribution in [0.2, 0.25) is 0 Å². The molecule has 1 fully saturated rings. The Morgan fingerprint density at radius 1 is 1.41 bits per heavy atom. The molecule has 1 aromatic rings. The Morgan fingerprint density at radius 2 is 2.12 bits per heavy atom. The van der Waals surface area contributed by atoms with E-state index in [-0.39, 0.29) is 5.82 Å². The standard InChI is InChI=1S/C15H22FN/c1-4-17-15(11(3)12-5-6-12)14-8-7-13(16)9-10(14)2/h7-9,11-12,15,17H,4-6H2,1-3H3. The second-order valence-corrected chi connectivity index (χ2v) is 5.23. The molecule has 1 aromatic carbocycles. The minimum Gasteiger partial charge on any atom is -0.310 e. The van der Waals surface area contributed by atoms with Crippen molar-refractivity contribution < 1.29 is 4.39 Å². The van der Waals surface area contributed by atoms with Crippen molar-refractivity contribution in [3.63, 3.8) is 0 Å². The van der Waals surface area contributed by atoms with Gasteiger partial charge in [-0.25, -0.2) is 4.39 Å². The van der Waals surface area contributed by atoms with Crippen molar-refractivity contribution >= 4 is 0 Å². The molecule has 1 aliphatic rings. The molecule has 0 aliphatic heterocycles. The fraction of sp³-hybridized carbons (Fsp3) is 0.600. The van der Waals surface area contributed by atoms with Gasteiger partial charge in [0.2, 0.25) is 0 Å². The smallest absolute Gasteiger partial charge is 0.123 e. The van der Waals surface area contributed by atoms with Crippen molar-refractivity contribution in [2.75, 3.05) is 6.54 Å². The molecule has 0 saturated heterocycles. The molecule has 0 aromatic heterocycles. The van der Waals surface area contributed by atoms with Crippen molar-refractivity contribution in [2.24, 2.45) is 11.8 Å². The molecule has 2 heteroatoms. The number of halogens is 1. The molecule has 2 unspecified atom stereocenters. The molecule has 0 heterocycles. The van der Waals surface area contributed by atoms with Gasteiger partial charge >= 0.3 is 0 Å². The summed E-state index contributed by atoms with van der Waals surface area (Å²) in [6.45, 7) is 7.40. The molecular weight excluding hydrogens is 213 g/mol. The Bertz CT molecular complexity index is 385. The normalized spacial score (nSPS) is 19.1. The van der Waals surface area contributed by atoms with Crippen molar-refractivity contribution in [1.29, 1.82) is 0 Å². The lowest BCUT2D eigenvalue weighted by Crippen LogP contribution is -2.28. The second kappa shape index (κ2) is 5.18. The number of hydrogen-bond donors (Lipinski definition) is 1. The van der Waals surface area contributed by atoms with Crippen LogP contribution in [0.5, 0.6) is 0 Å². The van der Waals surface area contributed by atoms with Gasteiger partial charge in [-0.2, -0.15) is 0 Å². The third-order valence-electron chi connectivity index (χ3n) is 3.88. The maximum absolute atomic E-state index is 13.1. The lowest BCUT2D eigenvalue weighted by molar-refractivity contribution is 0.354. The summed E-state index contributed by atoms with van der Waals surface area (Å²) in [7, 11) is 0. The first-order chi connectivity index (χ1) is 8.13. The zero-order chi connectivity index (χ0) is 12.4. The van der Waals surface area contributed by atoms with Crippen LogP contribution in [0.25, 0.3) is 0 Å². The Hall–Kier alpha value is -0.890. The molecular formula is C15H22FN. The van der Waals surface area contributed by atoms with Crippen LogP contribution in [0.4, 0.5) is 4.39 Å². The van der Waals surface area contributed by atoms with Gasteiger partial charge in [0, 0.05) is 6.04 Å². The van der Waals surface area contributed by atoms with E-state index in [0.29, 0.717) is 12.0 Å². The van der Waals surface area contributed by atoms with E-state index < -0.39 is 0 Å². The van der Waals surface area contributed by atoms with Gasteiger partial charge in [-0.1, -0.05) is 19.9 Å². The highest BCUT2D eigenvalue weighted by Crippen LogP contribution is 2.43. The van der Waals surface area contributed by atoms with E-state index in [4.69, 9.17) is 0 Å². The zero-order valence-corrected chi connectivity index (χ0v) is 11.0. The summed E-state index contributed by atoms with van der Waals surface area (Å²) in [6, 6.07) is 5.52. The topological polar surface area (TPSA) is 12.0 Å². The largest absolute Gasteiger partial charge is 0.310 e. The quantitative estimate of drug-likeness (QED) is 0.818. The molecule has 1 aliphatic carbocycles. The predicted octanol–water partition coefficient (Wildman–Crippen LogP) is 3.83. The third kappa shape index (κ3) is 2.86. The Labute approximate surface area is 103 Å². The molecule has 0 amide bonds. The van der Waals surface area contributed by atoms with Gasteiger partial charge in [0.1, 0.15) is 5.82 Å². The average Bonchev–Trinajstić information content (AvgIpc) is 3.10. The van der Waals surface area contributed by atoms with Gasteiger partial charge in [0.05, 0.1) is 0 Å². The molecule has 1 nitrogen and oxygen atoms in total. The SMILES string of the molecule is CCNC(c1ccc(F)cc1C)C(C)C1CC1. The van der Waals surface area contributed by atoms with E-state index in [1.807, 2.05) is 13.0 Å². The lowest BCUT2D eigenvalue weighted by atomic mass is 9.88. The molecule has 2 atom stereocenters. The van der Waals surface area contributed by atoms with E-state index in [1.54, 1.807) is 12.1 Å². The van der Waals surface area contributed by atoms with Crippen LogP contribution in [0.15, 0.2) is 18.2 Å². The second-order valence-electron chi connectivity index (χ2n) is 5.23. The maximum Gasteiger partial charge on any atom is 0.123 e. The van der Waals surface area contributed by atoms with Gasteiger partial charge in [0.15, 0.2) is 0 Å². The minimum atomic E-state index is -0.138. The highest BCUT2D eigenvalue weighted by atomic mass is 19.1. The van der Waals surface area contributed by atoms with Gasteiger partial charge in [-0.15, -0.1) is 0 Å². The summed E-state index contributed by atoms with van der Waals surface area (Å²) in [5.74, 6) is 1.35. The van der Waals surface area contributed by atoms with Crippen LogP contribution in [-0.2, 0) is 0 Å². The predicted molar refractivity (Wildman–Crippen MR) is 69.4 cm³/mol. The van der Waals surface area contributed by atoms with Crippen molar-refractivity contribution in [3.8, 4) is 0 Å². The Kier molecular flexibility index (Phi) is 3.82. The first kappa shape index (κ1) is 12.6. The van der Waals surface area contributed by atoms with Gasteiger partial charge in [-0.3, -0.25) is 0 Å². The first-order valence-corrected chi connectivity index (χ1v) is 6.63. The number of hydrogen-bond acceptors (Lipinski definition) is 1. The first-order valence-electron chi connectivity index (χ1n) is 6.63. The van der Waals surface area contributed by atoms with Gasteiger partial charge < -0.3 is 5.32 Å². The molecule has 1 N–H and O–H groups in total. The molecule has 0 radical (unpaired) electrons. The average molecular weight is 235 g/mol. The summed E-state index contributed by atoms with van der Waals surface area (Å²) >= 11 is 0. The van der Waals surface area contributed by atoms with Crippen LogP contribution in [-0.4, -0.2) is 6.54 Å². The summed E-state index contributed by atoms with van der Waals surface area (Å²) in [6.07, 6.45) is 2.70. The Balaban J connectivity index is 2.24.